The lowest BCUT2D eigenvalue weighted by Gasteiger charge is -2.05. The smallest absolute Gasteiger partial charge is 0.212 e. The van der Waals surface area contributed by atoms with Gasteiger partial charge in [0.05, 0.1) is 6.04 Å². The average molecular weight is 308 g/mol. The van der Waals surface area contributed by atoms with E-state index in [4.69, 9.17) is 15.3 Å². The Morgan fingerprint density at radius 2 is 1.57 bits per heavy atom. The van der Waals surface area contributed by atoms with E-state index in [9.17, 15) is 0 Å². The minimum absolute atomic E-state index is 0.117. The third-order valence-electron chi connectivity index (χ3n) is 3.72. The standard InChI is InChI=1S/C19H20N2O2/c20-16(12-7-13-22)19-21-17(14-8-3-1-4-9-14)18(23-19)15-10-5-2-6-11-15/h1-6,8-11,16,22H,7,12-13,20H2. The minimum atomic E-state index is -0.318. The number of benzene rings is 2. The summed E-state index contributed by atoms with van der Waals surface area (Å²) < 4.78 is 6.00. The molecule has 0 aliphatic heterocycles. The van der Waals surface area contributed by atoms with Gasteiger partial charge in [-0.3, -0.25) is 0 Å². The van der Waals surface area contributed by atoms with Crippen LogP contribution < -0.4 is 5.73 Å². The van der Waals surface area contributed by atoms with Crippen LogP contribution in [0, 0.1) is 0 Å². The fraction of sp³-hybridized carbons (Fsp3) is 0.211. The van der Waals surface area contributed by atoms with Gasteiger partial charge in [-0.1, -0.05) is 60.7 Å². The number of nitrogens with zero attached hydrogens (tertiary/aromatic N) is 1. The van der Waals surface area contributed by atoms with Gasteiger partial charge >= 0.3 is 0 Å². The third-order valence-corrected chi connectivity index (χ3v) is 3.72. The molecule has 0 fully saturated rings. The number of aliphatic hydroxyl groups is 1. The zero-order chi connectivity index (χ0) is 16.1. The summed E-state index contributed by atoms with van der Waals surface area (Å²) in [7, 11) is 0. The first-order chi connectivity index (χ1) is 11.3. The maximum absolute atomic E-state index is 8.97. The molecule has 3 N–H and O–H groups in total. The highest BCUT2D eigenvalue weighted by molar-refractivity contribution is 5.76. The molecule has 1 atom stereocenters. The maximum Gasteiger partial charge on any atom is 0.212 e. The summed E-state index contributed by atoms with van der Waals surface area (Å²) in [4.78, 5) is 4.64. The maximum atomic E-state index is 8.97. The van der Waals surface area contributed by atoms with Crippen LogP contribution in [0.5, 0.6) is 0 Å². The lowest BCUT2D eigenvalue weighted by molar-refractivity contribution is 0.276. The SMILES string of the molecule is NC(CCCO)c1nc(-c2ccccc2)c(-c2ccccc2)o1. The summed E-state index contributed by atoms with van der Waals surface area (Å²) in [5, 5.41) is 8.97. The number of nitrogens with two attached hydrogens (primary N) is 1. The van der Waals surface area contributed by atoms with E-state index in [0.717, 1.165) is 22.6 Å². The quantitative estimate of drug-likeness (QED) is 0.727. The van der Waals surface area contributed by atoms with Gasteiger partial charge in [-0.25, -0.2) is 4.98 Å². The Morgan fingerprint density at radius 1 is 0.957 bits per heavy atom. The second-order valence-corrected chi connectivity index (χ2v) is 5.43. The third kappa shape index (κ3) is 3.50. The monoisotopic (exact) mass is 308 g/mol. The van der Waals surface area contributed by atoms with E-state index < -0.39 is 0 Å². The molecule has 3 aromatic rings. The van der Waals surface area contributed by atoms with Crippen molar-refractivity contribution in [2.24, 2.45) is 5.73 Å². The highest BCUT2D eigenvalue weighted by Crippen LogP contribution is 2.34. The molecule has 0 saturated carbocycles. The molecule has 0 radical (unpaired) electrons. The molecule has 0 amide bonds. The Morgan fingerprint density at radius 3 is 2.17 bits per heavy atom. The van der Waals surface area contributed by atoms with Gasteiger partial charge in [0, 0.05) is 17.7 Å². The van der Waals surface area contributed by atoms with Gasteiger partial charge < -0.3 is 15.3 Å². The van der Waals surface area contributed by atoms with E-state index in [1.165, 1.54) is 0 Å². The number of oxazole rings is 1. The second kappa shape index (κ2) is 7.22. The van der Waals surface area contributed by atoms with E-state index in [1.54, 1.807) is 0 Å². The van der Waals surface area contributed by atoms with Crippen molar-refractivity contribution in [1.82, 2.24) is 4.98 Å². The Bertz CT molecular complexity index is 682. The van der Waals surface area contributed by atoms with E-state index in [-0.39, 0.29) is 12.6 Å². The Hall–Kier alpha value is -2.43. The summed E-state index contributed by atoms with van der Waals surface area (Å²) in [5.74, 6) is 1.24. The molecule has 118 valence electrons. The first-order valence-electron chi connectivity index (χ1n) is 7.77. The van der Waals surface area contributed by atoms with E-state index in [0.29, 0.717) is 18.7 Å². The molecule has 1 heterocycles. The van der Waals surface area contributed by atoms with Crippen LogP contribution in [-0.2, 0) is 0 Å². The number of aromatic nitrogens is 1. The molecular formula is C19H20N2O2. The van der Waals surface area contributed by atoms with Crippen molar-refractivity contribution in [3.8, 4) is 22.6 Å². The van der Waals surface area contributed by atoms with Gasteiger partial charge in [0.25, 0.3) is 0 Å². The highest BCUT2D eigenvalue weighted by atomic mass is 16.4. The molecule has 3 rings (SSSR count). The van der Waals surface area contributed by atoms with Crippen LogP contribution in [0.2, 0.25) is 0 Å². The van der Waals surface area contributed by atoms with Crippen molar-refractivity contribution in [1.29, 1.82) is 0 Å². The lowest BCUT2D eigenvalue weighted by atomic mass is 10.1. The van der Waals surface area contributed by atoms with E-state index in [2.05, 4.69) is 4.98 Å². The molecule has 0 saturated heterocycles. The molecule has 0 spiro atoms. The van der Waals surface area contributed by atoms with Crippen LogP contribution in [0.4, 0.5) is 0 Å². The van der Waals surface area contributed by atoms with Crippen LogP contribution in [0.15, 0.2) is 65.1 Å². The van der Waals surface area contributed by atoms with Crippen LogP contribution in [0.3, 0.4) is 0 Å². The Labute approximate surface area is 135 Å². The molecule has 0 aliphatic carbocycles. The van der Waals surface area contributed by atoms with Crippen molar-refractivity contribution in [2.75, 3.05) is 6.61 Å². The topological polar surface area (TPSA) is 72.3 Å². The second-order valence-electron chi connectivity index (χ2n) is 5.43. The Kier molecular flexibility index (Phi) is 4.86. The van der Waals surface area contributed by atoms with Crippen molar-refractivity contribution in [3.05, 3.63) is 66.6 Å². The molecule has 2 aromatic carbocycles. The molecule has 23 heavy (non-hydrogen) atoms. The summed E-state index contributed by atoms with van der Waals surface area (Å²) >= 11 is 0. The summed E-state index contributed by atoms with van der Waals surface area (Å²) in [6, 6.07) is 19.5. The minimum Gasteiger partial charge on any atom is -0.438 e. The Balaban J connectivity index is 2.04. The van der Waals surface area contributed by atoms with E-state index in [1.807, 2.05) is 60.7 Å². The largest absolute Gasteiger partial charge is 0.438 e. The molecule has 1 unspecified atom stereocenters. The summed E-state index contributed by atoms with van der Waals surface area (Å²) in [6.45, 7) is 0.117. The normalized spacial score (nSPS) is 12.3. The molecule has 4 nitrogen and oxygen atoms in total. The average Bonchev–Trinajstić information content (AvgIpc) is 3.06. The van der Waals surface area contributed by atoms with Crippen LogP contribution >= 0.6 is 0 Å². The van der Waals surface area contributed by atoms with Gasteiger partial charge in [-0.05, 0) is 12.8 Å². The van der Waals surface area contributed by atoms with Crippen LogP contribution in [0.25, 0.3) is 22.6 Å². The van der Waals surface area contributed by atoms with Crippen LogP contribution in [-0.4, -0.2) is 16.7 Å². The number of rotatable bonds is 6. The molecule has 4 heteroatoms. The number of hydrogen-bond donors (Lipinski definition) is 2. The van der Waals surface area contributed by atoms with Crippen molar-refractivity contribution in [3.63, 3.8) is 0 Å². The van der Waals surface area contributed by atoms with Crippen molar-refractivity contribution >= 4 is 0 Å². The van der Waals surface area contributed by atoms with Crippen molar-refractivity contribution in [2.45, 2.75) is 18.9 Å². The van der Waals surface area contributed by atoms with Crippen LogP contribution in [0.1, 0.15) is 24.8 Å². The zero-order valence-electron chi connectivity index (χ0n) is 12.9. The predicted molar refractivity (Wildman–Crippen MR) is 90.6 cm³/mol. The molecule has 0 bridgehead atoms. The highest BCUT2D eigenvalue weighted by Gasteiger charge is 2.20. The fourth-order valence-electron chi connectivity index (χ4n) is 2.51. The lowest BCUT2D eigenvalue weighted by Crippen LogP contribution is -2.11. The molecule has 1 aromatic heterocycles. The summed E-state index contributed by atoms with van der Waals surface area (Å²) in [5.41, 5.74) is 8.92. The van der Waals surface area contributed by atoms with Crippen molar-refractivity contribution < 1.29 is 9.52 Å². The number of hydrogen-bond acceptors (Lipinski definition) is 4. The molecule has 0 aliphatic rings. The first kappa shape index (κ1) is 15.5. The van der Waals surface area contributed by atoms with Gasteiger partial charge in [-0.2, -0.15) is 0 Å². The first-order valence-corrected chi connectivity index (χ1v) is 7.77. The zero-order valence-corrected chi connectivity index (χ0v) is 12.9. The predicted octanol–water partition coefficient (Wildman–Crippen LogP) is 3.78. The summed E-state index contributed by atoms with van der Waals surface area (Å²) in [6.07, 6.45) is 1.27. The fourth-order valence-corrected chi connectivity index (χ4v) is 2.51. The van der Waals surface area contributed by atoms with Gasteiger partial charge in [0.1, 0.15) is 5.69 Å². The van der Waals surface area contributed by atoms with E-state index >= 15 is 0 Å². The number of aliphatic hydroxyl groups excluding tert-OH is 1. The van der Waals surface area contributed by atoms with Gasteiger partial charge in [0.15, 0.2) is 5.76 Å². The van der Waals surface area contributed by atoms with Gasteiger partial charge in [-0.15, -0.1) is 0 Å². The van der Waals surface area contributed by atoms with Gasteiger partial charge in [0.2, 0.25) is 5.89 Å². The molecular weight excluding hydrogens is 288 g/mol.